The molecule has 6 atom stereocenters. The molecule has 2 heteroatoms. The average molecular weight is 342 g/mol. The van der Waals surface area contributed by atoms with E-state index in [1.165, 1.54) is 37.7 Å². The standard InChI is InChI=1S/C23H35NO/c1-5-6-14-24-20(16-10-8-7-9-11-16)19-15-17-18-12-13-23(4,21(17)25-19)22(18,2)3/h7-11,17-21,24H,5-6,12-15H2,1-4H3/t17-,18-,19-,20-,21-,23+/m1/s1. The molecule has 0 spiro atoms. The monoisotopic (exact) mass is 341 g/mol. The topological polar surface area (TPSA) is 21.3 Å². The van der Waals surface area contributed by atoms with Crippen LogP contribution in [0.1, 0.15) is 71.4 Å². The van der Waals surface area contributed by atoms with Gasteiger partial charge in [0.1, 0.15) is 0 Å². The van der Waals surface area contributed by atoms with Crippen molar-refractivity contribution in [1.82, 2.24) is 5.32 Å². The SMILES string of the molecule is CCCCN[C@H](c1ccccc1)[C@H]1C[C@@H]2[C@H]3CC[C@@](C)([C@@H]2O1)C3(C)C. The molecule has 1 aromatic rings. The van der Waals surface area contributed by atoms with E-state index in [9.17, 15) is 0 Å². The number of rotatable bonds is 6. The maximum atomic E-state index is 6.84. The van der Waals surface area contributed by atoms with Crippen molar-refractivity contribution in [3.8, 4) is 0 Å². The molecule has 1 aromatic carbocycles. The number of benzene rings is 1. The lowest BCUT2D eigenvalue weighted by atomic mass is 9.70. The minimum absolute atomic E-state index is 0.324. The van der Waals surface area contributed by atoms with E-state index in [4.69, 9.17) is 4.74 Å². The Bertz CT molecular complexity index is 597. The van der Waals surface area contributed by atoms with Crippen molar-refractivity contribution in [1.29, 1.82) is 0 Å². The van der Waals surface area contributed by atoms with Gasteiger partial charge in [-0.05, 0) is 60.5 Å². The third-order valence-corrected chi connectivity index (χ3v) is 8.16. The zero-order chi connectivity index (χ0) is 17.7. The molecule has 25 heavy (non-hydrogen) atoms. The van der Waals surface area contributed by atoms with E-state index in [2.05, 4.69) is 63.3 Å². The third-order valence-electron chi connectivity index (χ3n) is 8.16. The van der Waals surface area contributed by atoms with Crippen molar-refractivity contribution in [3.05, 3.63) is 35.9 Å². The molecule has 1 heterocycles. The van der Waals surface area contributed by atoms with Crippen molar-refractivity contribution >= 4 is 0 Å². The molecule has 0 unspecified atom stereocenters. The summed E-state index contributed by atoms with van der Waals surface area (Å²) in [6.07, 6.45) is 7.23. The third kappa shape index (κ3) is 2.59. The first-order chi connectivity index (χ1) is 12.0. The Morgan fingerprint density at radius 3 is 2.64 bits per heavy atom. The number of ether oxygens (including phenoxy) is 1. The molecule has 2 nitrogen and oxygen atoms in total. The van der Waals surface area contributed by atoms with Gasteiger partial charge in [-0.15, -0.1) is 0 Å². The molecule has 2 aliphatic carbocycles. The lowest BCUT2D eigenvalue weighted by molar-refractivity contribution is -0.0649. The van der Waals surface area contributed by atoms with E-state index in [1.807, 2.05) is 0 Å². The van der Waals surface area contributed by atoms with Crippen molar-refractivity contribution in [3.63, 3.8) is 0 Å². The normalized spacial score (nSPS) is 39.5. The van der Waals surface area contributed by atoms with Gasteiger partial charge in [-0.1, -0.05) is 64.4 Å². The maximum Gasteiger partial charge on any atom is 0.0777 e. The summed E-state index contributed by atoms with van der Waals surface area (Å²) in [5, 5.41) is 3.83. The molecule has 1 aliphatic heterocycles. The molecule has 3 aliphatic rings. The molecule has 2 saturated carbocycles. The zero-order valence-electron chi connectivity index (χ0n) is 16.4. The molecule has 138 valence electrons. The quantitative estimate of drug-likeness (QED) is 0.705. The van der Waals surface area contributed by atoms with E-state index in [0.29, 0.717) is 29.1 Å². The van der Waals surface area contributed by atoms with Crippen LogP contribution in [-0.4, -0.2) is 18.8 Å². The summed E-state index contributed by atoms with van der Waals surface area (Å²) in [6, 6.07) is 11.3. The van der Waals surface area contributed by atoms with Gasteiger partial charge in [-0.2, -0.15) is 0 Å². The molecular weight excluding hydrogens is 306 g/mol. The van der Waals surface area contributed by atoms with Gasteiger partial charge in [0.25, 0.3) is 0 Å². The summed E-state index contributed by atoms with van der Waals surface area (Å²) in [7, 11) is 0. The first-order valence-electron chi connectivity index (χ1n) is 10.4. The summed E-state index contributed by atoms with van der Waals surface area (Å²) < 4.78 is 6.84. The molecule has 0 aromatic heterocycles. The minimum atomic E-state index is 0.324. The van der Waals surface area contributed by atoms with Crippen LogP contribution in [0.5, 0.6) is 0 Å². The number of nitrogens with one attached hydrogen (secondary N) is 1. The summed E-state index contributed by atoms with van der Waals surface area (Å²) in [4.78, 5) is 0. The summed E-state index contributed by atoms with van der Waals surface area (Å²) in [5.74, 6) is 1.61. The Morgan fingerprint density at radius 2 is 1.96 bits per heavy atom. The summed E-state index contributed by atoms with van der Waals surface area (Å²) in [6.45, 7) is 10.8. The molecule has 0 amide bonds. The van der Waals surface area contributed by atoms with Crippen molar-refractivity contribution < 1.29 is 4.74 Å². The van der Waals surface area contributed by atoms with Crippen LogP contribution in [0.2, 0.25) is 0 Å². The van der Waals surface area contributed by atoms with Gasteiger partial charge in [-0.25, -0.2) is 0 Å². The fourth-order valence-electron chi connectivity index (χ4n) is 6.33. The Kier molecular flexibility index (Phi) is 4.48. The highest BCUT2D eigenvalue weighted by atomic mass is 16.5. The Balaban J connectivity index is 1.55. The van der Waals surface area contributed by atoms with E-state index in [0.717, 1.165) is 18.4 Å². The smallest absolute Gasteiger partial charge is 0.0777 e. The second-order valence-corrected chi connectivity index (χ2v) is 9.48. The van der Waals surface area contributed by atoms with E-state index >= 15 is 0 Å². The molecule has 1 N–H and O–H groups in total. The van der Waals surface area contributed by atoms with Gasteiger partial charge in [0.05, 0.1) is 18.2 Å². The maximum absolute atomic E-state index is 6.84. The number of hydrogen-bond donors (Lipinski definition) is 1. The van der Waals surface area contributed by atoms with Gasteiger partial charge in [-0.3, -0.25) is 0 Å². The van der Waals surface area contributed by atoms with E-state index in [-0.39, 0.29) is 0 Å². The fourth-order valence-corrected chi connectivity index (χ4v) is 6.33. The molecule has 0 radical (unpaired) electrons. The van der Waals surface area contributed by atoms with Crippen LogP contribution in [0.3, 0.4) is 0 Å². The Morgan fingerprint density at radius 1 is 1.20 bits per heavy atom. The highest BCUT2D eigenvalue weighted by Crippen LogP contribution is 2.71. The van der Waals surface area contributed by atoms with Gasteiger partial charge >= 0.3 is 0 Å². The summed E-state index contributed by atoms with van der Waals surface area (Å²) in [5.41, 5.74) is 2.19. The first kappa shape index (κ1) is 17.5. The van der Waals surface area contributed by atoms with Gasteiger partial charge < -0.3 is 10.1 Å². The Hall–Kier alpha value is -0.860. The number of hydrogen-bond acceptors (Lipinski definition) is 2. The lowest BCUT2D eigenvalue weighted by Gasteiger charge is -2.39. The second kappa shape index (κ2) is 6.39. The highest BCUT2D eigenvalue weighted by molar-refractivity contribution is 5.23. The van der Waals surface area contributed by atoms with Crippen molar-refractivity contribution in [2.75, 3.05) is 6.54 Å². The second-order valence-electron chi connectivity index (χ2n) is 9.48. The van der Waals surface area contributed by atoms with Crippen LogP contribution in [0.15, 0.2) is 30.3 Å². The number of fused-ring (bicyclic) bond motifs is 5. The molecule has 2 bridgehead atoms. The molecular formula is C23H35NO. The van der Waals surface area contributed by atoms with Gasteiger partial charge in [0.15, 0.2) is 0 Å². The molecule has 3 fully saturated rings. The molecule has 4 rings (SSSR count). The largest absolute Gasteiger partial charge is 0.372 e. The van der Waals surface area contributed by atoms with Crippen LogP contribution in [0, 0.1) is 22.7 Å². The average Bonchev–Trinajstić information content (AvgIpc) is 3.18. The number of unbranched alkanes of at least 4 members (excludes halogenated alkanes) is 1. The Labute approximate surface area is 153 Å². The van der Waals surface area contributed by atoms with Gasteiger partial charge in [0, 0.05) is 0 Å². The predicted octanol–water partition coefficient (Wildman–Crippen LogP) is 5.35. The van der Waals surface area contributed by atoms with E-state index < -0.39 is 0 Å². The van der Waals surface area contributed by atoms with Crippen LogP contribution >= 0.6 is 0 Å². The summed E-state index contributed by atoms with van der Waals surface area (Å²) >= 11 is 0. The van der Waals surface area contributed by atoms with Gasteiger partial charge in [0.2, 0.25) is 0 Å². The van der Waals surface area contributed by atoms with E-state index in [1.54, 1.807) is 0 Å². The predicted molar refractivity (Wildman–Crippen MR) is 103 cm³/mol. The zero-order valence-corrected chi connectivity index (χ0v) is 16.4. The van der Waals surface area contributed by atoms with Crippen LogP contribution in [0.4, 0.5) is 0 Å². The van der Waals surface area contributed by atoms with Crippen LogP contribution in [0.25, 0.3) is 0 Å². The van der Waals surface area contributed by atoms with Crippen molar-refractivity contribution in [2.24, 2.45) is 22.7 Å². The first-order valence-corrected chi connectivity index (χ1v) is 10.4. The van der Waals surface area contributed by atoms with Crippen molar-refractivity contribution in [2.45, 2.75) is 78.0 Å². The fraction of sp³-hybridized carbons (Fsp3) is 0.739. The van der Waals surface area contributed by atoms with Crippen LogP contribution < -0.4 is 5.32 Å². The lowest BCUT2D eigenvalue weighted by Crippen LogP contribution is -2.39. The highest BCUT2D eigenvalue weighted by Gasteiger charge is 2.69. The van der Waals surface area contributed by atoms with Crippen LogP contribution in [-0.2, 0) is 4.74 Å². The molecule has 1 saturated heterocycles. The minimum Gasteiger partial charge on any atom is -0.372 e.